The van der Waals surface area contributed by atoms with E-state index in [4.69, 9.17) is 11.0 Å². The zero-order chi connectivity index (χ0) is 14.2. The molecule has 1 aromatic carbocycles. The van der Waals surface area contributed by atoms with Crippen molar-refractivity contribution in [2.24, 2.45) is 0 Å². The zero-order valence-corrected chi connectivity index (χ0v) is 11.7. The highest BCUT2D eigenvalue weighted by atomic mass is 79.9. The Kier molecular flexibility index (Phi) is 3.56. The summed E-state index contributed by atoms with van der Waals surface area (Å²) < 4.78 is 38.4. The normalized spacial score (nSPS) is 11.3. The van der Waals surface area contributed by atoms with Crippen molar-refractivity contribution in [3.05, 3.63) is 39.2 Å². The molecule has 2 N–H and O–H groups in total. The molecule has 0 aliphatic rings. The molecule has 0 saturated heterocycles. The average Bonchev–Trinajstić information content (AvgIpc) is 2.69. The van der Waals surface area contributed by atoms with Gasteiger partial charge in [-0.05, 0) is 23.8 Å². The number of hydrogen-bond donors (Lipinski definition) is 1. The maximum Gasteiger partial charge on any atom is 0.417 e. The highest BCUT2D eigenvalue weighted by Gasteiger charge is 2.33. The molecule has 2 aromatic rings. The number of benzene rings is 1. The number of thiophene rings is 1. The first-order chi connectivity index (χ1) is 8.82. The molecule has 0 radical (unpaired) electrons. The second kappa shape index (κ2) is 4.87. The van der Waals surface area contributed by atoms with E-state index in [9.17, 15) is 13.2 Å². The van der Waals surface area contributed by atoms with Gasteiger partial charge in [-0.1, -0.05) is 22.0 Å². The molecule has 2 rings (SSSR count). The lowest BCUT2D eigenvalue weighted by Gasteiger charge is -2.10. The molecule has 1 aromatic heterocycles. The maximum atomic E-state index is 12.8. The van der Waals surface area contributed by atoms with Crippen molar-refractivity contribution >= 4 is 33.0 Å². The number of nitriles is 1. The number of halogens is 4. The van der Waals surface area contributed by atoms with Gasteiger partial charge in [0.25, 0.3) is 0 Å². The number of nitrogens with zero attached hydrogens (tertiary/aromatic N) is 1. The van der Waals surface area contributed by atoms with Gasteiger partial charge in [-0.3, -0.25) is 0 Å². The summed E-state index contributed by atoms with van der Waals surface area (Å²) in [5, 5.41) is 8.80. The molecule has 0 spiro atoms. The summed E-state index contributed by atoms with van der Waals surface area (Å²) in [7, 11) is 0. The van der Waals surface area contributed by atoms with Crippen LogP contribution in [-0.2, 0) is 6.18 Å². The van der Waals surface area contributed by atoms with Crippen molar-refractivity contribution in [1.29, 1.82) is 5.26 Å². The average molecular weight is 347 g/mol. The van der Waals surface area contributed by atoms with Gasteiger partial charge in [-0.25, -0.2) is 0 Å². The molecule has 0 aliphatic heterocycles. The van der Waals surface area contributed by atoms with Crippen LogP contribution in [0.2, 0.25) is 0 Å². The quantitative estimate of drug-likeness (QED) is 0.816. The van der Waals surface area contributed by atoms with Gasteiger partial charge in [0.1, 0.15) is 10.9 Å². The number of rotatable bonds is 1. The number of anilines is 1. The van der Waals surface area contributed by atoms with Crippen LogP contribution in [0.1, 0.15) is 10.4 Å². The minimum absolute atomic E-state index is 0.0196. The Hall–Kier alpha value is -1.52. The number of nitrogens with two attached hydrogens (primary N) is 1. The lowest BCUT2D eigenvalue weighted by molar-refractivity contribution is -0.138. The van der Waals surface area contributed by atoms with Gasteiger partial charge in [-0.15, -0.1) is 11.3 Å². The van der Waals surface area contributed by atoms with Gasteiger partial charge in [-0.2, -0.15) is 18.4 Å². The molecule has 0 saturated carbocycles. The summed E-state index contributed by atoms with van der Waals surface area (Å²) in [5.41, 5.74) is 5.51. The molecule has 0 aliphatic carbocycles. The minimum atomic E-state index is -4.43. The predicted molar refractivity (Wildman–Crippen MR) is 71.6 cm³/mol. The molecule has 0 fully saturated rings. The summed E-state index contributed by atoms with van der Waals surface area (Å²) in [6, 6.07) is 7.33. The lowest BCUT2D eigenvalue weighted by Crippen LogP contribution is -2.05. The van der Waals surface area contributed by atoms with Gasteiger partial charge < -0.3 is 5.73 Å². The van der Waals surface area contributed by atoms with Gasteiger partial charge >= 0.3 is 6.18 Å². The molecule has 0 atom stereocenters. The van der Waals surface area contributed by atoms with Crippen molar-refractivity contribution in [2.45, 2.75) is 6.18 Å². The molecule has 1 heterocycles. The van der Waals surface area contributed by atoms with Gasteiger partial charge in [0.2, 0.25) is 0 Å². The maximum absolute atomic E-state index is 12.8. The molecule has 0 unspecified atom stereocenters. The molecular formula is C12H6BrF3N2S. The Morgan fingerprint density at radius 2 is 1.95 bits per heavy atom. The van der Waals surface area contributed by atoms with Crippen molar-refractivity contribution in [1.82, 2.24) is 0 Å². The molecule has 98 valence electrons. The van der Waals surface area contributed by atoms with Crippen molar-refractivity contribution in [3.63, 3.8) is 0 Å². The van der Waals surface area contributed by atoms with E-state index < -0.39 is 11.7 Å². The van der Waals surface area contributed by atoms with Crippen molar-refractivity contribution < 1.29 is 13.2 Å². The topological polar surface area (TPSA) is 49.8 Å². The molecule has 19 heavy (non-hydrogen) atoms. The van der Waals surface area contributed by atoms with E-state index in [-0.39, 0.29) is 10.2 Å². The van der Waals surface area contributed by atoms with Gasteiger partial charge in [0.05, 0.1) is 11.3 Å². The Labute approximate surface area is 119 Å². The second-order valence-electron chi connectivity index (χ2n) is 3.70. The monoisotopic (exact) mass is 346 g/mol. The minimum Gasteiger partial charge on any atom is -0.397 e. The largest absolute Gasteiger partial charge is 0.417 e. The zero-order valence-electron chi connectivity index (χ0n) is 9.25. The van der Waals surface area contributed by atoms with Gasteiger partial charge in [0.15, 0.2) is 0 Å². The molecular weight excluding hydrogens is 341 g/mol. The lowest BCUT2D eigenvalue weighted by atomic mass is 10.1. The Morgan fingerprint density at radius 1 is 1.26 bits per heavy atom. The van der Waals surface area contributed by atoms with Crippen LogP contribution in [0.25, 0.3) is 10.4 Å². The molecule has 0 amide bonds. The predicted octanol–water partition coefficient (Wildman–Crippen LogP) is 4.65. The summed E-state index contributed by atoms with van der Waals surface area (Å²) in [5.74, 6) is 0. The molecule has 2 nitrogen and oxygen atoms in total. The van der Waals surface area contributed by atoms with E-state index in [0.717, 1.165) is 17.4 Å². The van der Waals surface area contributed by atoms with Crippen molar-refractivity contribution in [2.75, 3.05) is 5.73 Å². The Morgan fingerprint density at radius 3 is 2.47 bits per heavy atom. The standard InChI is InChI=1S/C12H6BrF3N2S/c13-8-2-1-6(3-7(8)12(14,15)16)10-4-9(18)11(5-17)19-10/h1-4H,18H2. The van der Waals surface area contributed by atoms with Gasteiger partial charge in [0, 0.05) is 9.35 Å². The smallest absolute Gasteiger partial charge is 0.397 e. The third-order valence-electron chi connectivity index (χ3n) is 2.42. The third kappa shape index (κ3) is 2.74. The fourth-order valence-electron chi connectivity index (χ4n) is 1.53. The van der Waals surface area contributed by atoms with E-state index in [1.54, 1.807) is 6.07 Å². The highest BCUT2D eigenvalue weighted by Crippen LogP contribution is 2.39. The summed E-state index contributed by atoms with van der Waals surface area (Å²) in [6.07, 6.45) is -4.43. The van der Waals surface area contributed by atoms with Crippen LogP contribution >= 0.6 is 27.3 Å². The first kappa shape index (κ1) is 13.9. The fourth-order valence-corrected chi connectivity index (χ4v) is 2.87. The van der Waals surface area contributed by atoms with Crippen LogP contribution < -0.4 is 5.73 Å². The van der Waals surface area contributed by atoms with E-state index in [0.29, 0.717) is 15.3 Å². The van der Waals surface area contributed by atoms with E-state index >= 15 is 0 Å². The second-order valence-corrected chi connectivity index (χ2v) is 5.61. The van der Waals surface area contributed by atoms with Crippen LogP contribution in [0.3, 0.4) is 0 Å². The third-order valence-corrected chi connectivity index (χ3v) is 4.21. The molecule has 0 bridgehead atoms. The van der Waals surface area contributed by atoms with E-state index in [1.807, 2.05) is 6.07 Å². The van der Waals surface area contributed by atoms with Crippen LogP contribution in [0, 0.1) is 11.3 Å². The summed E-state index contributed by atoms with van der Waals surface area (Å²) in [6.45, 7) is 0. The van der Waals surface area contributed by atoms with Crippen LogP contribution in [0.4, 0.5) is 18.9 Å². The number of hydrogen-bond acceptors (Lipinski definition) is 3. The SMILES string of the molecule is N#Cc1sc(-c2ccc(Br)c(C(F)(F)F)c2)cc1N. The van der Waals surface area contributed by atoms with E-state index in [1.165, 1.54) is 12.1 Å². The first-order valence-corrected chi connectivity index (χ1v) is 6.60. The summed E-state index contributed by atoms with van der Waals surface area (Å²) >= 11 is 3.95. The van der Waals surface area contributed by atoms with E-state index in [2.05, 4.69) is 15.9 Å². The Bertz CT molecular complexity index is 671. The highest BCUT2D eigenvalue weighted by molar-refractivity contribution is 9.10. The number of alkyl halides is 3. The van der Waals surface area contributed by atoms with Crippen LogP contribution in [0.5, 0.6) is 0 Å². The first-order valence-electron chi connectivity index (χ1n) is 4.99. The summed E-state index contributed by atoms with van der Waals surface area (Å²) in [4.78, 5) is 0.832. The fraction of sp³-hybridized carbons (Fsp3) is 0.0833. The van der Waals surface area contributed by atoms with Crippen molar-refractivity contribution in [3.8, 4) is 16.5 Å². The molecule has 7 heteroatoms. The van der Waals surface area contributed by atoms with Crippen LogP contribution in [-0.4, -0.2) is 0 Å². The number of nitrogen functional groups attached to an aromatic ring is 1. The van der Waals surface area contributed by atoms with Crippen LogP contribution in [0.15, 0.2) is 28.7 Å². The Balaban J connectivity index is 2.55.